The maximum atomic E-state index is 10.9. The fraction of sp³-hybridized carbons (Fsp3) is 0.300. The van der Waals surface area contributed by atoms with Crippen molar-refractivity contribution in [3.8, 4) is 11.5 Å². The van der Waals surface area contributed by atoms with Gasteiger partial charge in [-0.2, -0.15) is 5.10 Å². The first-order valence-corrected chi connectivity index (χ1v) is 4.85. The molecule has 1 N–H and O–H groups in total. The highest BCUT2D eigenvalue weighted by atomic mass is 16.4. The van der Waals surface area contributed by atoms with Gasteiger partial charge in [0.2, 0.25) is 0 Å². The number of carbonyl (C=O) groups is 1. The van der Waals surface area contributed by atoms with Gasteiger partial charge in [0.1, 0.15) is 5.69 Å². The summed E-state index contributed by atoms with van der Waals surface area (Å²) in [6.45, 7) is 4.40. The molecule has 2 rings (SSSR count). The van der Waals surface area contributed by atoms with E-state index in [-0.39, 0.29) is 11.5 Å². The van der Waals surface area contributed by atoms with Crippen LogP contribution in [0.5, 0.6) is 0 Å². The zero-order valence-electron chi connectivity index (χ0n) is 8.97. The summed E-state index contributed by atoms with van der Waals surface area (Å²) in [4.78, 5) is 14.6. The normalized spacial score (nSPS) is 10.6. The fourth-order valence-corrected chi connectivity index (χ4v) is 1.55. The fourth-order valence-electron chi connectivity index (χ4n) is 1.55. The SMILES string of the molecule is CCn1nc(C)cc1-c1ocnc1C(=O)O. The van der Waals surface area contributed by atoms with Crippen LogP contribution >= 0.6 is 0 Å². The van der Waals surface area contributed by atoms with Gasteiger partial charge in [0, 0.05) is 6.54 Å². The Bertz CT molecular complexity index is 527. The Morgan fingerprint density at radius 3 is 3.00 bits per heavy atom. The highest BCUT2D eigenvalue weighted by molar-refractivity contribution is 5.91. The summed E-state index contributed by atoms with van der Waals surface area (Å²) in [5, 5.41) is 13.2. The van der Waals surface area contributed by atoms with Crippen LogP contribution in [0.15, 0.2) is 16.9 Å². The number of nitrogens with zero attached hydrogens (tertiary/aromatic N) is 3. The van der Waals surface area contributed by atoms with Crippen LogP contribution in [-0.2, 0) is 6.54 Å². The Kier molecular flexibility index (Phi) is 2.47. The number of hydrogen-bond donors (Lipinski definition) is 1. The second-order valence-corrected chi connectivity index (χ2v) is 3.32. The molecule has 0 fully saturated rings. The molecule has 0 saturated carbocycles. The summed E-state index contributed by atoms with van der Waals surface area (Å²) in [7, 11) is 0. The highest BCUT2D eigenvalue weighted by Gasteiger charge is 2.20. The van der Waals surface area contributed by atoms with Crippen LogP contribution in [0, 0.1) is 6.92 Å². The van der Waals surface area contributed by atoms with Gasteiger partial charge in [-0.1, -0.05) is 0 Å². The van der Waals surface area contributed by atoms with Gasteiger partial charge in [-0.05, 0) is 19.9 Å². The molecule has 0 amide bonds. The Balaban J connectivity index is 2.57. The summed E-state index contributed by atoms with van der Waals surface area (Å²) in [5.74, 6) is -0.861. The molecule has 0 spiro atoms. The van der Waals surface area contributed by atoms with Crippen molar-refractivity contribution in [1.82, 2.24) is 14.8 Å². The molecule has 6 heteroatoms. The lowest BCUT2D eigenvalue weighted by molar-refractivity contribution is 0.0691. The van der Waals surface area contributed by atoms with Gasteiger partial charge in [-0.15, -0.1) is 0 Å². The molecular weight excluding hydrogens is 210 g/mol. The summed E-state index contributed by atoms with van der Waals surface area (Å²) in [5.41, 5.74) is 1.36. The van der Waals surface area contributed by atoms with Crippen molar-refractivity contribution in [1.29, 1.82) is 0 Å². The van der Waals surface area contributed by atoms with E-state index in [2.05, 4.69) is 10.1 Å². The van der Waals surface area contributed by atoms with E-state index in [1.807, 2.05) is 13.8 Å². The molecule has 0 bridgehead atoms. The molecule has 0 radical (unpaired) electrons. The quantitative estimate of drug-likeness (QED) is 0.850. The lowest BCUT2D eigenvalue weighted by Crippen LogP contribution is -2.03. The number of rotatable bonds is 3. The number of carboxylic acids is 1. The number of carboxylic acid groups (broad SMARTS) is 1. The van der Waals surface area contributed by atoms with Crippen LogP contribution in [0.3, 0.4) is 0 Å². The molecule has 16 heavy (non-hydrogen) atoms. The van der Waals surface area contributed by atoms with Gasteiger partial charge in [-0.3, -0.25) is 4.68 Å². The molecule has 84 valence electrons. The zero-order valence-corrected chi connectivity index (χ0v) is 8.97. The van der Waals surface area contributed by atoms with E-state index in [9.17, 15) is 4.79 Å². The van der Waals surface area contributed by atoms with Gasteiger partial charge in [0.25, 0.3) is 0 Å². The van der Waals surface area contributed by atoms with Crippen LogP contribution in [0.4, 0.5) is 0 Å². The topological polar surface area (TPSA) is 81.2 Å². The van der Waals surface area contributed by atoms with E-state index in [1.54, 1.807) is 10.7 Å². The van der Waals surface area contributed by atoms with E-state index in [4.69, 9.17) is 9.52 Å². The molecule has 0 aliphatic rings. The first kappa shape index (κ1) is 10.4. The minimum atomic E-state index is -1.11. The van der Waals surface area contributed by atoms with Crippen LogP contribution in [0.25, 0.3) is 11.5 Å². The van der Waals surface area contributed by atoms with Crippen LogP contribution < -0.4 is 0 Å². The van der Waals surface area contributed by atoms with Crippen LogP contribution in [0.2, 0.25) is 0 Å². The average molecular weight is 221 g/mol. The van der Waals surface area contributed by atoms with Crippen LogP contribution in [0.1, 0.15) is 23.1 Å². The summed E-state index contributed by atoms with van der Waals surface area (Å²) < 4.78 is 6.80. The summed E-state index contributed by atoms with van der Waals surface area (Å²) in [6.07, 6.45) is 1.13. The van der Waals surface area contributed by atoms with E-state index in [1.165, 1.54) is 0 Å². The Labute approximate surface area is 91.5 Å². The third kappa shape index (κ3) is 1.58. The minimum absolute atomic E-state index is 0.0883. The smallest absolute Gasteiger partial charge is 0.358 e. The van der Waals surface area contributed by atoms with Crippen LogP contribution in [-0.4, -0.2) is 25.8 Å². The van der Waals surface area contributed by atoms with Gasteiger partial charge >= 0.3 is 5.97 Å². The molecular formula is C10H11N3O3. The van der Waals surface area contributed by atoms with Gasteiger partial charge in [-0.25, -0.2) is 9.78 Å². The van der Waals surface area contributed by atoms with Crippen molar-refractivity contribution >= 4 is 5.97 Å². The highest BCUT2D eigenvalue weighted by Crippen LogP contribution is 2.23. The Morgan fingerprint density at radius 2 is 2.38 bits per heavy atom. The molecule has 0 atom stereocenters. The standard InChI is InChI=1S/C10H11N3O3/c1-3-13-7(4-6(2)12-13)9-8(10(14)15)11-5-16-9/h4-5H,3H2,1-2H3,(H,14,15). The molecule has 0 unspecified atom stereocenters. The number of aromatic nitrogens is 3. The molecule has 6 nitrogen and oxygen atoms in total. The van der Waals surface area contributed by atoms with Crippen molar-refractivity contribution in [3.63, 3.8) is 0 Å². The molecule has 0 saturated heterocycles. The van der Waals surface area contributed by atoms with Gasteiger partial charge in [0.05, 0.1) is 5.69 Å². The second kappa shape index (κ2) is 3.80. The largest absolute Gasteiger partial charge is 0.476 e. The van der Waals surface area contributed by atoms with E-state index in [0.29, 0.717) is 12.2 Å². The first-order chi connectivity index (χ1) is 7.63. The minimum Gasteiger partial charge on any atom is -0.476 e. The number of aromatic carboxylic acids is 1. The predicted molar refractivity (Wildman–Crippen MR) is 55.1 cm³/mol. The molecule has 0 aromatic carbocycles. The summed E-state index contributed by atoms with van der Waals surface area (Å²) >= 11 is 0. The molecule has 2 aromatic rings. The number of hydrogen-bond acceptors (Lipinski definition) is 4. The van der Waals surface area contributed by atoms with Crippen molar-refractivity contribution in [3.05, 3.63) is 23.8 Å². The predicted octanol–water partition coefficient (Wildman–Crippen LogP) is 1.56. The van der Waals surface area contributed by atoms with E-state index >= 15 is 0 Å². The maximum absolute atomic E-state index is 10.9. The van der Waals surface area contributed by atoms with Crippen molar-refractivity contribution in [2.45, 2.75) is 20.4 Å². The first-order valence-electron chi connectivity index (χ1n) is 4.85. The van der Waals surface area contributed by atoms with Crippen molar-refractivity contribution in [2.24, 2.45) is 0 Å². The zero-order chi connectivity index (χ0) is 11.7. The number of aryl methyl sites for hydroxylation is 2. The molecule has 0 aliphatic heterocycles. The Morgan fingerprint density at radius 1 is 1.62 bits per heavy atom. The maximum Gasteiger partial charge on any atom is 0.358 e. The third-order valence-electron chi connectivity index (χ3n) is 2.20. The summed E-state index contributed by atoms with van der Waals surface area (Å²) in [6, 6.07) is 1.77. The third-order valence-corrected chi connectivity index (χ3v) is 2.20. The molecule has 2 heterocycles. The average Bonchev–Trinajstić information content (AvgIpc) is 2.82. The van der Waals surface area contributed by atoms with Crippen molar-refractivity contribution < 1.29 is 14.3 Å². The molecule has 2 aromatic heterocycles. The van der Waals surface area contributed by atoms with Crippen molar-refractivity contribution in [2.75, 3.05) is 0 Å². The van der Waals surface area contributed by atoms with E-state index < -0.39 is 5.97 Å². The molecule has 0 aliphatic carbocycles. The second-order valence-electron chi connectivity index (χ2n) is 3.32. The van der Waals surface area contributed by atoms with Gasteiger partial charge < -0.3 is 9.52 Å². The number of oxazole rings is 1. The van der Waals surface area contributed by atoms with Gasteiger partial charge in [0.15, 0.2) is 17.8 Å². The lowest BCUT2D eigenvalue weighted by atomic mass is 10.2. The monoisotopic (exact) mass is 221 g/mol. The van der Waals surface area contributed by atoms with E-state index in [0.717, 1.165) is 12.1 Å². The lowest BCUT2D eigenvalue weighted by Gasteiger charge is -2.01. The Hall–Kier alpha value is -2.11.